The molecule has 158 valence electrons. The first-order chi connectivity index (χ1) is 13.5. The van der Waals surface area contributed by atoms with Crippen LogP contribution >= 0.6 is 10.8 Å². The molecule has 1 aromatic carbocycles. The highest BCUT2D eigenvalue weighted by molar-refractivity contribution is 8.26. The van der Waals surface area contributed by atoms with Gasteiger partial charge in [0.15, 0.2) is 0 Å². The van der Waals surface area contributed by atoms with Crippen molar-refractivity contribution in [3.63, 3.8) is 0 Å². The number of benzene rings is 1. The monoisotopic (exact) mass is 433 g/mol. The summed E-state index contributed by atoms with van der Waals surface area (Å²) in [6, 6.07) is 3.95. The van der Waals surface area contributed by atoms with Crippen LogP contribution in [0.5, 0.6) is 0 Å². The summed E-state index contributed by atoms with van der Waals surface area (Å²) in [6.07, 6.45) is -6.71. The van der Waals surface area contributed by atoms with Gasteiger partial charge in [0.2, 0.25) is 0 Å². The standard InChI is InChI=1S/C17H18F3N3O5S/c1-22(16(24)25)12-5-13-10-7-23(29(26,27)15(10)14(12)28-13)9-3-2-8(6-21)11(4-9)17(18,19)20/h2-4,10,12-15,26-27H,5,7H2,1H3,(H,24,25)/t10-,12-,13-,14+,15-/m1/s1. The van der Waals surface area contributed by atoms with Gasteiger partial charge in [-0.25, -0.2) is 4.79 Å². The Kier molecular flexibility index (Phi) is 4.43. The van der Waals surface area contributed by atoms with Crippen LogP contribution in [0.3, 0.4) is 0 Å². The topological polar surface area (TPSA) is 117 Å². The number of fused-ring (bicyclic) bond motifs is 5. The lowest BCUT2D eigenvalue weighted by molar-refractivity contribution is -0.137. The third-order valence-electron chi connectivity index (χ3n) is 5.99. The molecule has 0 spiro atoms. The summed E-state index contributed by atoms with van der Waals surface area (Å²) in [5.41, 5.74) is -1.75. The van der Waals surface area contributed by atoms with Gasteiger partial charge >= 0.3 is 12.3 Å². The first-order valence-electron chi connectivity index (χ1n) is 8.74. The number of nitrogens with zero attached hydrogens (tertiary/aromatic N) is 3. The van der Waals surface area contributed by atoms with Gasteiger partial charge in [-0.1, -0.05) is 0 Å². The van der Waals surface area contributed by atoms with Crippen LogP contribution in [0.2, 0.25) is 0 Å². The first kappa shape index (κ1) is 20.1. The number of ether oxygens (including phenoxy) is 1. The van der Waals surface area contributed by atoms with Crippen molar-refractivity contribution >= 4 is 22.6 Å². The molecule has 0 unspecified atom stereocenters. The molecule has 3 heterocycles. The lowest BCUT2D eigenvalue weighted by Crippen LogP contribution is -2.50. The number of carboxylic acid groups (broad SMARTS) is 1. The SMILES string of the molecule is CN(C(=O)O)[C@@H]1C[C@H]2O[C@@H]1[C@H]1[C@@H]2CN(c2ccc(C#N)c(C(F)(F)F)c2)S1(O)O. The van der Waals surface area contributed by atoms with E-state index >= 15 is 0 Å². The molecule has 5 atom stereocenters. The van der Waals surface area contributed by atoms with Gasteiger partial charge in [-0.2, -0.15) is 18.4 Å². The van der Waals surface area contributed by atoms with Crippen LogP contribution in [-0.4, -0.2) is 62.3 Å². The molecule has 0 radical (unpaired) electrons. The molecule has 29 heavy (non-hydrogen) atoms. The quantitative estimate of drug-likeness (QED) is 0.656. The molecule has 3 N–H and O–H groups in total. The van der Waals surface area contributed by atoms with E-state index in [1.165, 1.54) is 19.2 Å². The highest BCUT2D eigenvalue weighted by Crippen LogP contribution is 2.66. The van der Waals surface area contributed by atoms with Crippen LogP contribution in [0.15, 0.2) is 18.2 Å². The first-order valence-corrected chi connectivity index (χ1v) is 10.3. The molecule has 0 saturated carbocycles. The molecule has 3 fully saturated rings. The summed E-state index contributed by atoms with van der Waals surface area (Å²) >= 11 is 0. The molecule has 2 bridgehead atoms. The Morgan fingerprint density at radius 2 is 2.10 bits per heavy atom. The van der Waals surface area contributed by atoms with Crippen molar-refractivity contribution in [1.82, 2.24) is 4.90 Å². The zero-order valence-electron chi connectivity index (χ0n) is 15.1. The predicted octanol–water partition coefficient (Wildman–Crippen LogP) is 3.20. The van der Waals surface area contributed by atoms with Crippen LogP contribution in [0.25, 0.3) is 0 Å². The Hall–Kier alpha value is -2.20. The number of nitriles is 1. The minimum absolute atomic E-state index is 0.0479. The van der Waals surface area contributed by atoms with E-state index < -0.39 is 57.7 Å². The molecule has 3 aliphatic heterocycles. The largest absolute Gasteiger partial charge is 0.465 e. The molecule has 1 aromatic rings. The van der Waals surface area contributed by atoms with E-state index in [2.05, 4.69) is 0 Å². The van der Waals surface area contributed by atoms with Gasteiger partial charge in [0.05, 0.1) is 35.0 Å². The molecule has 0 aliphatic carbocycles. The molecule has 8 nitrogen and oxygen atoms in total. The maximum absolute atomic E-state index is 13.3. The fraction of sp³-hybridized carbons (Fsp3) is 0.529. The average molecular weight is 433 g/mol. The zero-order valence-corrected chi connectivity index (χ0v) is 15.9. The molecular weight excluding hydrogens is 415 g/mol. The summed E-state index contributed by atoms with van der Waals surface area (Å²) in [6.45, 7) is 0.0703. The number of hydrogen-bond donors (Lipinski definition) is 3. The zero-order chi connectivity index (χ0) is 21.3. The summed E-state index contributed by atoms with van der Waals surface area (Å²) in [7, 11) is -2.21. The number of hydrogen-bond acceptors (Lipinski definition) is 6. The number of carbonyl (C=O) groups is 1. The van der Waals surface area contributed by atoms with E-state index in [1.54, 1.807) is 0 Å². The fourth-order valence-corrected chi connectivity index (χ4v) is 7.08. The highest BCUT2D eigenvalue weighted by Gasteiger charge is 2.65. The minimum Gasteiger partial charge on any atom is -0.465 e. The van der Waals surface area contributed by atoms with Crippen molar-refractivity contribution in [1.29, 1.82) is 5.26 Å². The lowest BCUT2D eigenvalue weighted by atomic mass is 9.85. The normalized spacial score (nSPS) is 33.3. The lowest BCUT2D eigenvalue weighted by Gasteiger charge is -2.45. The van der Waals surface area contributed by atoms with E-state index in [-0.39, 0.29) is 18.2 Å². The fourth-order valence-electron chi connectivity index (χ4n) is 4.63. The average Bonchev–Trinajstić information content (AvgIpc) is 3.29. The van der Waals surface area contributed by atoms with Crippen molar-refractivity contribution in [2.75, 3.05) is 17.9 Å². The summed E-state index contributed by atoms with van der Waals surface area (Å²) in [5.74, 6) is -0.339. The van der Waals surface area contributed by atoms with Crippen LogP contribution in [0, 0.1) is 17.2 Å². The number of halogens is 3. The molecule has 3 saturated heterocycles. The van der Waals surface area contributed by atoms with Crippen LogP contribution in [0.1, 0.15) is 17.5 Å². The molecule has 1 amide bonds. The number of likely N-dealkylation sites (N-methyl/N-ethyl adjacent to an activating group) is 1. The van der Waals surface area contributed by atoms with Gasteiger partial charge in [0.25, 0.3) is 0 Å². The van der Waals surface area contributed by atoms with Crippen molar-refractivity contribution in [2.45, 2.75) is 36.1 Å². The Morgan fingerprint density at radius 3 is 2.69 bits per heavy atom. The van der Waals surface area contributed by atoms with Gasteiger partial charge < -0.3 is 14.7 Å². The minimum atomic E-state index is -4.77. The van der Waals surface area contributed by atoms with Crippen molar-refractivity contribution in [2.24, 2.45) is 5.92 Å². The second kappa shape index (κ2) is 6.40. The smallest absolute Gasteiger partial charge is 0.417 e. The summed E-state index contributed by atoms with van der Waals surface area (Å²) in [5, 5.41) is 17.4. The summed E-state index contributed by atoms with van der Waals surface area (Å²) < 4.78 is 68.7. The Bertz CT molecular complexity index is 905. The van der Waals surface area contributed by atoms with Crippen molar-refractivity contribution in [3.8, 4) is 6.07 Å². The van der Waals surface area contributed by atoms with E-state index in [4.69, 9.17) is 10.00 Å². The highest BCUT2D eigenvalue weighted by atomic mass is 32.3. The van der Waals surface area contributed by atoms with Crippen molar-refractivity contribution < 1.29 is 36.9 Å². The maximum atomic E-state index is 13.3. The Labute approximate surface area is 165 Å². The number of rotatable bonds is 2. The number of anilines is 1. The molecule has 4 rings (SSSR count). The summed E-state index contributed by atoms with van der Waals surface area (Å²) in [4.78, 5) is 12.4. The third-order valence-corrected chi connectivity index (χ3v) is 8.35. The molecule has 3 aliphatic rings. The second-order valence-corrected chi connectivity index (χ2v) is 9.53. The Balaban J connectivity index is 1.68. The van der Waals surface area contributed by atoms with Gasteiger partial charge in [0.1, 0.15) is 11.4 Å². The van der Waals surface area contributed by atoms with Gasteiger partial charge in [-0.15, -0.1) is 10.8 Å². The van der Waals surface area contributed by atoms with Gasteiger partial charge in [0, 0.05) is 19.5 Å². The van der Waals surface area contributed by atoms with Crippen LogP contribution in [-0.2, 0) is 10.9 Å². The maximum Gasteiger partial charge on any atom is 0.417 e. The predicted molar refractivity (Wildman–Crippen MR) is 96.5 cm³/mol. The molecule has 12 heteroatoms. The van der Waals surface area contributed by atoms with Gasteiger partial charge in [-0.3, -0.25) is 13.4 Å². The second-order valence-electron chi connectivity index (χ2n) is 7.43. The van der Waals surface area contributed by atoms with Gasteiger partial charge in [-0.05, 0) is 24.6 Å². The van der Waals surface area contributed by atoms with Crippen molar-refractivity contribution in [3.05, 3.63) is 29.3 Å². The third kappa shape index (κ3) is 2.92. The van der Waals surface area contributed by atoms with E-state index in [1.807, 2.05) is 0 Å². The number of amides is 1. The molecular formula is C17H18F3N3O5S. The van der Waals surface area contributed by atoms with Crippen LogP contribution < -0.4 is 4.31 Å². The number of alkyl halides is 3. The van der Waals surface area contributed by atoms with E-state index in [9.17, 15) is 32.2 Å². The van der Waals surface area contributed by atoms with Crippen LogP contribution in [0.4, 0.5) is 23.7 Å². The Morgan fingerprint density at radius 1 is 1.41 bits per heavy atom. The van der Waals surface area contributed by atoms with E-state index in [0.717, 1.165) is 21.3 Å². The molecule has 0 aromatic heterocycles. The van der Waals surface area contributed by atoms with E-state index in [0.29, 0.717) is 6.42 Å².